The van der Waals surface area contributed by atoms with E-state index in [2.05, 4.69) is 12.1 Å². The second-order valence-electron chi connectivity index (χ2n) is 7.88. The SMILES string of the molecule is COc1ccc2c(-c3ccccc3)c(C(=O)c3ccccc3OC3CCCC3)sc2c1. The number of rotatable bonds is 6. The molecule has 3 nitrogen and oxygen atoms in total. The van der Waals surface area contributed by atoms with E-state index in [9.17, 15) is 4.79 Å². The van der Waals surface area contributed by atoms with Crippen molar-refractivity contribution in [3.8, 4) is 22.6 Å². The van der Waals surface area contributed by atoms with Crippen LogP contribution in [0.15, 0.2) is 72.8 Å². The van der Waals surface area contributed by atoms with E-state index in [1.165, 1.54) is 24.2 Å². The number of hydrogen-bond acceptors (Lipinski definition) is 4. The summed E-state index contributed by atoms with van der Waals surface area (Å²) in [6.07, 6.45) is 4.70. The normalized spacial score (nSPS) is 14.1. The minimum atomic E-state index is 0.00705. The number of carbonyl (C=O) groups is 1. The van der Waals surface area contributed by atoms with E-state index >= 15 is 0 Å². The first-order chi connectivity index (χ1) is 15.2. The molecular weight excluding hydrogens is 404 g/mol. The average Bonchev–Trinajstić information content (AvgIpc) is 3.46. The lowest BCUT2D eigenvalue weighted by atomic mass is 9.98. The van der Waals surface area contributed by atoms with Gasteiger partial charge in [-0.2, -0.15) is 0 Å². The van der Waals surface area contributed by atoms with Gasteiger partial charge in [0.15, 0.2) is 0 Å². The molecule has 31 heavy (non-hydrogen) atoms. The number of methoxy groups -OCH3 is 1. The topological polar surface area (TPSA) is 35.5 Å². The lowest BCUT2D eigenvalue weighted by Gasteiger charge is -2.16. The summed E-state index contributed by atoms with van der Waals surface area (Å²) < 4.78 is 12.7. The van der Waals surface area contributed by atoms with Crippen LogP contribution < -0.4 is 9.47 Å². The summed E-state index contributed by atoms with van der Waals surface area (Å²) in [5.41, 5.74) is 2.64. The third-order valence-electron chi connectivity index (χ3n) is 5.89. The molecule has 1 aliphatic rings. The zero-order valence-electron chi connectivity index (χ0n) is 17.5. The van der Waals surface area contributed by atoms with Crippen molar-refractivity contribution >= 4 is 27.2 Å². The summed E-state index contributed by atoms with van der Waals surface area (Å²) in [4.78, 5) is 14.6. The molecule has 0 N–H and O–H groups in total. The maximum absolute atomic E-state index is 13.9. The zero-order valence-corrected chi connectivity index (χ0v) is 18.3. The number of ether oxygens (including phenoxy) is 2. The van der Waals surface area contributed by atoms with E-state index in [0.717, 1.165) is 44.7 Å². The van der Waals surface area contributed by atoms with Gasteiger partial charge in [-0.15, -0.1) is 11.3 Å². The maximum atomic E-state index is 13.9. The van der Waals surface area contributed by atoms with Crippen LogP contribution in [0.25, 0.3) is 21.2 Å². The van der Waals surface area contributed by atoms with Gasteiger partial charge in [0, 0.05) is 15.6 Å². The molecule has 156 valence electrons. The van der Waals surface area contributed by atoms with Crippen molar-refractivity contribution in [2.24, 2.45) is 0 Å². The van der Waals surface area contributed by atoms with Gasteiger partial charge >= 0.3 is 0 Å². The van der Waals surface area contributed by atoms with Crippen LogP contribution in [0.2, 0.25) is 0 Å². The van der Waals surface area contributed by atoms with Crippen molar-refractivity contribution in [3.63, 3.8) is 0 Å². The van der Waals surface area contributed by atoms with Gasteiger partial charge in [-0.25, -0.2) is 0 Å². The Morgan fingerprint density at radius 1 is 0.935 bits per heavy atom. The van der Waals surface area contributed by atoms with Crippen molar-refractivity contribution in [3.05, 3.63) is 83.2 Å². The van der Waals surface area contributed by atoms with Crippen LogP contribution in [0.5, 0.6) is 11.5 Å². The number of para-hydroxylation sites is 1. The quantitative estimate of drug-likeness (QED) is 0.306. The highest BCUT2D eigenvalue weighted by molar-refractivity contribution is 7.21. The average molecular weight is 429 g/mol. The Bertz CT molecular complexity index is 1220. The van der Waals surface area contributed by atoms with Crippen LogP contribution >= 0.6 is 11.3 Å². The molecule has 0 saturated heterocycles. The predicted octanol–water partition coefficient (Wildman–Crippen LogP) is 7.13. The van der Waals surface area contributed by atoms with Crippen LogP contribution in [-0.2, 0) is 0 Å². The molecule has 0 spiro atoms. The summed E-state index contributed by atoms with van der Waals surface area (Å²) in [5, 5.41) is 1.06. The minimum Gasteiger partial charge on any atom is -0.497 e. The molecule has 1 aliphatic carbocycles. The molecule has 0 radical (unpaired) electrons. The molecule has 0 amide bonds. The molecule has 4 aromatic rings. The molecule has 0 aliphatic heterocycles. The third-order valence-corrected chi connectivity index (χ3v) is 7.04. The van der Waals surface area contributed by atoms with Gasteiger partial charge in [-0.3, -0.25) is 4.79 Å². The fourth-order valence-electron chi connectivity index (χ4n) is 4.32. The summed E-state index contributed by atoms with van der Waals surface area (Å²) >= 11 is 1.52. The maximum Gasteiger partial charge on any atom is 0.207 e. The van der Waals surface area contributed by atoms with Gasteiger partial charge in [0.25, 0.3) is 0 Å². The molecule has 0 unspecified atom stereocenters. The van der Waals surface area contributed by atoms with Crippen LogP contribution in [0, 0.1) is 0 Å². The second-order valence-corrected chi connectivity index (χ2v) is 8.94. The van der Waals surface area contributed by atoms with Crippen LogP contribution in [0.3, 0.4) is 0 Å². The molecule has 0 atom stereocenters. The van der Waals surface area contributed by atoms with Crippen molar-refractivity contribution in [2.45, 2.75) is 31.8 Å². The Morgan fingerprint density at radius 2 is 1.68 bits per heavy atom. The van der Waals surface area contributed by atoms with Crippen molar-refractivity contribution in [1.82, 2.24) is 0 Å². The summed E-state index contributed by atoms with van der Waals surface area (Å²) in [5.74, 6) is 1.48. The Balaban J connectivity index is 1.64. The standard InChI is InChI=1S/C27H24O3S/c1-29-20-15-16-22-24(17-20)31-27(25(22)18-9-3-2-4-10-18)26(28)21-13-7-8-14-23(21)30-19-11-5-6-12-19/h2-4,7-10,13-17,19H,5-6,11-12H2,1H3. The van der Waals surface area contributed by atoms with Crippen LogP contribution in [-0.4, -0.2) is 19.0 Å². The van der Waals surface area contributed by atoms with E-state index in [1.807, 2.05) is 60.7 Å². The molecular formula is C27H24O3S. The Morgan fingerprint density at radius 3 is 2.45 bits per heavy atom. The number of carbonyl (C=O) groups excluding carboxylic acids is 1. The number of fused-ring (bicyclic) bond motifs is 1. The Kier molecular flexibility index (Phi) is 5.47. The van der Waals surface area contributed by atoms with E-state index < -0.39 is 0 Å². The zero-order chi connectivity index (χ0) is 21.2. The van der Waals surface area contributed by atoms with E-state index in [4.69, 9.17) is 9.47 Å². The van der Waals surface area contributed by atoms with Crippen molar-refractivity contribution < 1.29 is 14.3 Å². The van der Waals surface area contributed by atoms with Gasteiger partial charge in [-0.05, 0) is 61.6 Å². The van der Waals surface area contributed by atoms with Crippen molar-refractivity contribution in [1.29, 1.82) is 0 Å². The second kappa shape index (κ2) is 8.56. The smallest absolute Gasteiger partial charge is 0.207 e. The predicted molar refractivity (Wildman–Crippen MR) is 127 cm³/mol. The molecule has 4 heteroatoms. The number of thiophene rings is 1. The van der Waals surface area contributed by atoms with E-state index in [-0.39, 0.29) is 11.9 Å². The van der Waals surface area contributed by atoms with E-state index in [1.54, 1.807) is 7.11 Å². The van der Waals surface area contributed by atoms with Crippen LogP contribution in [0.1, 0.15) is 40.9 Å². The summed E-state index contributed by atoms with van der Waals surface area (Å²) in [6.45, 7) is 0. The van der Waals surface area contributed by atoms with Crippen LogP contribution in [0.4, 0.5) is 0 Å². The molecule has 1 saturated carbocycles. The summed E-state index contributed by atoms with van der Waals surface area (Å²) in [6, 6.07) is 23.8. The highest BCUT2D eigenvalue weighted by atomic mass is 32.1. The molecule has 1 heterocycles. The lowest BCUT2D eigenvalue weighted by Crippen LogP contribution is -2.14. The lowest BCUT2D eigenvalue weighted by molar-refractivity contribution is 0.103. The molecule has 1 aromatic heterocycles. The molecule has 5 rings (SSSR count). The highest BCUT2D eigenvalue weighted by Crippen LogP contribution is 2.42. The highest BCUT2D eigenvalue weighted by Gasteiger charge is 2.25. The summed E-state index contributed by atoms with van der Waals surface area (Å²) in [7, 11) is 1.66. The fourth-order valence-corrected chi connectivity index (χ4v) is 5.53. The number of benzene rings is 3. The molecule has 3 aromatic carbocycles. The fraction of sp³-hybridized carbons (Fsp3) is 0.222. The monoisotopic (exact) mass is 428 g/mol. The largest absolute Gasteiger partial charge is 0.497 e. The Labute approximate surface area is 186 Å². The first-order valence-electron chi connectivity index (χ1n) is 10.7. The first kappa shape index (κ1) is 19.8. The van der Waals surface area contributed by atoms with Gasteiger partial charge in [-0.1, -0.05) is 42.5 Å². The van der Waals surface area contributed by atoms with Crippen molar-refractivity contribution in [2.75, 3.05) is 7.11 Å². The van der Waals surface area contributed by atoms with Gasteiger partial charge < -0.3 is 9.47 Å². The minimum absolute atomic E-state index is 0.00705. The van der Waals surface area contributed by atoms with Gasteiger partial charge in [0.1, 0.15) is 11.5 Å². The number of hydrogen-bond donors (Lipinski definition) is 0. The first-order valence-corrected chi connectivity index (χ1v) is 11.5. The van der Waals surface area contributed by atoms with E-state index in [0.29, 0.717) is 11.3 Å². The molecule has 0 bridgehead atoms. The van der Waals surface area contributed by atoms with Gasteiger partial charge in [0.05, 0.1) is 23.7 Å². The Hall–Kier alpha value is -3.11. The van der Waals surface area contributed by atoms with Gasteiger partial charge in [0.2, 0.25) is 5.78 Å². The number of ketones is 1. The molecule has 1 fully saturated rings. The third kappa shape index (κ3) is 3.84.